The Morgan fingerprint density at radius 3 is 2.10 bits per heavy atom. The molecule has 2 atom stereocenters. The predicted molar refractivity (Wildman–Crippen MR) is 111 cm³/mol. The average molecular weight is 401 g/mol. The first-order valence-corrected chi connectivity index (χ1v) is 10.2. The molecule has 1 fully saturated rings. The van der Waals surface area contributed by atoms with E-state index >= 15 is 0 Å². The number of hydrazine groups is 1. The van der Waals surface area contributed by atoms with Gasteiger partial charge < -0.3 is 9.47 Å². The van der Waals surface area contributed by atoms with Gasteiger partial charge in [0.15, 0.2) is 0 Å². The van der Waals surface area contributed by atoms with Gasteiger partial charge >= 0.3 is 12.2 Å². The summed E-state index contributed by atoms with van der Waals surface area (Å²) in [6.07, 6.45) is 5.01. The topological polar surface area (TPSA) is 67.9 Å². The molecule has 0 bridgehead atoms. The highest BCUT2D eigenvalue weighted by Crippen LogP contribution is 2.59. The first kappa shape index (κ1) is 21.2. The zero-order valence-corrected chi connectivity index (χ0v) is 18.2. The fourth-order valence-electron chi connectivity index (χ4n) is 3.79. The molecule has 1 spiro atoms. The van der Waals surface area contributed by atoms with Crippen LogP contribution in [0.2, 0.25) is 0 Å². The summed E-state index contributed by atoms with van der Waals surface area (Å²) in [5.74, 6) is -0.0406. The molecule has 2 aliphatic rings. The molecule has 6 heteroatoms. The molecule has 0 aromatic heterocycles. The van der Waals surface area contributed by atoms with Crippen LogP contribution in [0.5, 0.6) is 0 Å². The molecule has 1 N–H and O–H groups in total. The molecule has 1 aromatic carbocycles. The van der Waals surface area contributed by atoms with Crippen molar-refractivity contribution in [3.8, 4) is 0 Å². The van der Waals surface area contributed by atoms with Crippen molar-refractivity contribution in [1.29, 1.82) is 0 Å². The van der Waals surface area contributed by atoms with Crippen molar-refractivity contribution in [2.75, 3.05) is 0 Å². The lowest BCUT2D eigenvalue weighted by atomic mass is 9.88. The van der Waals surface area contributed by atoms with E-state index in [2.05, 4.69) is 17.6 Å². The van der Waals surface area contributed by atoms with Crippen LogP contribution in [0.25, 0.3) is 0 Å². The van der Waals surface area contributed by atoms with E-state index in [0.717, 1.165) is 18.4 Å². The maximum absolute atomic E-state index is 13.1. The Bertz CT molecular complexity index is 785. The van der Waals surface area contributed by atoms with E-state index < -0.39 is 23.4 Å². The average Bonchev–Trinajstić information content (AvgIpc) is 3.25. The van der Waals surface area contributed by atoms with Crippen molar-refractivity contribution in [3.05, 3.63) is 48.0 Å². The van der Waals surface area contributed by atoms with Crippen LogP contribution < -0.4 is 5.43 Å². The van der Waals surface area contributed by atoms with Crippen LogP contribution in [0.4, 0.5) is 9.59 Å². The van der Waals surface area contributed by atoms with Crippen molar-refractivity contribution in [3.63, 3.8) is 0 Å². The number of rotatable bonds is 2. The smallest absolute Gasteiger partial charge is 0.429 e. The fourth-order valence-corrected chi connectivity index (χ4v) is 3.79. The fraction of sp³-hybridized carbons (Fsp3) is 0.565. The van der Waals surface area contributed by atoms with Gasteiger partial charge in [-0.25, -0.2) is 20.0 Å². The second-order valence-corrected chi connectivity index (χ2v) is 9.94. The molecular weight excluding hydrogens is 368 g/mol. The Morgan fingerprint density at radius 1 is 1.00 bits per heavy atom. The van der Waals surface area contributed by atoms with Crippen molar-refractivity contribution in [2.24, 2.45) is 5.41 Å². The van der Waals surface area contributed by atoms with Gasteiger partial charge in [0.05, 0.1) is 6.04 Å². The van der Waals surface area contributed by atoms with Crippen molar-refractivity contribution in [1.82, 2.24) is 10.4 Å². The van der Waals surface area contributed by atoms with Crippen LogP contribution in [0, 0.1) is 5.41 Å². The van der Waals surface area contributed by atoms with E-state index in [4.69, 9.17) is 9.47 Å². The van der Waals surface area contributed by atoms with Crippen LogP contribution in [0.1, 0.15) is 65.9 Å². The quantitative estimate of drug-likeness (QED) is 0.550. The molecule has 0 unspecified atom stereocenters. The minimum absolute atomic E-state index is 0.0406. The number of hydrogen-bond acceptors (Lipinski definition) is 4. The number of nitrogens with zero attached hydrogens (tertiary/aromatic N) is 1. The van der Waals surface area contributed by atoms with Gasteiger partial charge in [0.25, 0.3) is 0 Å². The SMILES string of the molecule is CC(C)(C)OC(=O)NN(C(=O)OC(C)(C)C)[C@@H]1[C@@H](c2ccccc2)C=CC12CC2. The Hall–Kier alpha value is -2.50. The third-order valence-electron chi connectivity index (χ3n) is 5.06. The normalized spacial score (nSPS) is 22.3. The molecule has 29 heavy (non-hydrogen) atoms. The molecule has 3 rings (SSSR count). The molecule has 2 aliphatic carbocycles. The molecule has 0 radical (unpaired) electrons. The van der Waals surface area contributed by atoms with Crippen LogP contribution in [0.15, 0.2) is 42.5 Å². The van der Waals surface area contributed by atoms with Crippen molar-refractivity contribution in [2.45, 2.75) is 77.5 Å². The van der Waals surface area contributed by atoms with Crippen LogP contribution in [-0.2, 0) is 9.47 Å². The summed E-state index contributed by atoms with van der Waals surface area (Å²) in [6, 6.07) is 9.75. The molecular formula is C23H32N2O4. The maximum atomic E-state index is 13.1. The first-order valence-electron chi connectivity index (χ1n) is 10.2. The summed E-state index contributed by atoms with van der Waals surface area (Å²) in [7, 11) is 0. The molecule has 1 aromatic rings. The number of carbonyl (C=O) groups is 2. The summed E-state index contributed by atoms with van der Waals surface area (Å²) in [4.78, 5) is 25.7. The molecule has 2 amide bonds. The summed E-state index contributed by atoms with van der Waals surface area (Å²) in [5.41, 5.74) is 2.28. The lowest BCUT2D eigenvalue weighted by Gasteiger charge is -2.38. The number of benzene rings is 1. The lowest BCUT2D eigenvalue weighted by molar-refractivity contribution is -0.0166. The minimum Gasteiger partial charge on any atom is -0.443 e. The van der Waals surface area contributed by atoms with E-state index in [0.29, 0.717) is 0 Å². The maximum Gasteiger partial charge on any atom is 0.429 e. The van der Waals surface area contributed by atoms with E-state index in [1.807, 2.05) is 51.1 Å². The second-order valence-electron chi connectivity index (χ2n) is 9.94. The van der Waals surface area contributed by atoms with E-state index in [1.54, 1.807) is 20.8 Å². The highest BCUT2D eigenvalue weighted by Gasteiger charge is 2.58. The molecule has 0 saturated heterocycles. The standard InChI is InChI=1S/C23H32N2O4/c1-21(2,3)28-19(26)24-25(20(27)29-22(4,5)6)18-17(12-13-23(18)14-15-23)16-10-8-7-9-11-16/h7-13,17-18H,14-15H2,1-6H3,(H,24,26)/t17-,18-/m1/s1. The van der Waals surface area contributed by atoms with Crippen molar-refractivity contribution < 1.29 is 19.1 Å². The summed E-state index contributed by atoms with van der Waals surface area (Å²) < 4.78 is 11.1. The van der Waals surface area contributed by atoms with Gasteiger partial charge in [0.1, 0.15) is 11.2 Å². The zero-order valence-electron chi connectivity index (χ0n) is 18.2. The molecule has 6 nitrogen and oxygen atoms in total. The molecule has 0 aliphatic heterocycles. The summed E-state index contributed by atoms with van der Waals surface area (Å²) in [6.45, 7) is 10.8. The minimum atomic E-state index is -0.685. The monoisotopic (exact) mass is 400 g/mol. The lowest BCUT2D eigenvalue weighted by Crippen LogP contribution is -2.57. The second kappa shape index (κ2) is 7.39. The zero-order chi connectivity index (χ0) is 21.4. The number of carbonyl (C=O) groups excluding carboxylic acids is 2. The summed E-state index contributed by atoms with van der Waals surface area (Å²) >= 11 is 0. The third kappa shape index (κ3) is 5.11. The number of ether oxygens (including phenoxy) is 2. The molecule has 0 heterocycles. The number of amides is 2. The highest BCUT2D eigenvalue weighted by molar-refractivity contribution is 5.75. The van der Waals surface area contributed by atoms with Gasteiger partial charge in [0.2, 0.25) is 0 Å². The largest absolute Gasteiger partial charge is 0.443 e. The van der Waals surface area contributed by atoms with Gasteiger partial charge in [-0.05, 0) is 59.9 Å². The third-order valence-corrected chi connectivity index (χ3v) is 5.06. The first-order chi connectivity index (χ1) is 13.4. The Morgan fingerprint density at radius 2 is 1.59 bits per heavy atom. The Labute approximate surface area is 173 Å². The van der Waals surface area contributed by atoms with Gasteiger partial charge in [0, 0.05) is 11.3 Å². The van der Waals surface area contributed by atoms with Gasteiger partial charge in [-0.3, -0.25) is 0 Å². The van der Waals surface area contributed by atoms with E-state index in [-0.39, 0.29) is 17.4 Å². The molecule has 158 valence electrons. The Balaban J connectivity index is 1.92. The van der Waals surface area contributed by atoms with Gasteiger partial charge in [-0.2, -0.15) is 0 Å². The van der Waals surface area contributed by atoms with E-state index in [1.165, 1.54) is 5.01 Å². The van der Waals surface area contributed by atoms with Gasteiger partial charge in [-0.15, -0.1) is 0 Å². The van der Waals surface area contributed by atoms with E-state index in [9.17, 15) is 9.59 Å². The highest BCUT2D eigenvalue weighted by atomic mass is 16.6. The van der Waals surface area contributed by atoms with Gasteiger partial charge in [-0.1, -0.05) is 42.5 Å². The van der Waals surface area contributed by atoms with Crippen molar-refractivity contribution >= 4 is 12.2 Å². The summed E-state index contributed by atoms with van der Waals surface area (Å²) in [5, 5.41) is 1.35. The predicted octanol–water partition coefficient (Wildman–Crippen LogP) is 5.17. The molecule has 1 saturated carbocycles. The van der Waals surface area contributed by atoms with Crippen LogP contribution in [-0.4, -0.2) is 34.4 Å². The number of hydrogen-bond donors (Lipinski definition) is 1. The van der Waals surface area contributed by atoms with Crippen LogP contribution >= 0.6 is 0 Å². The Kier molecular flexibility index (Phi) is 5.41. The number of nitrogens with one attached hydrogen (secondary N) is 1. The van der Waals surface area contributed by atoms with Crippen LogP contribution in [0.3, 0.4) is 0 Å².